The Morgan fingerprint density at radius 1 is 1.38 bits per heavy atom. The van der Waals surface area contributed by atoms with Crippen LogP contribution in [-0.2, 0) is 0 Å². The molecule has 0 saturated heterocycles. The molecular formula is C11H20N2. The SMILES string of the molecule is CCNC(C#N)C1CCC(C)CC1. The minimum absolute atomic E-state index is 0.0949. The van der Waals surface area contributed by atoms with Crippen molar-refractivity contribution in [2.24, 2.45) is 11.8 Å². The van der Waals surface area contributed by atoms with Gasteiger partial charge in [-0.15, -0.1) is 0 Å². The summed E-state index contributed by atoms with van der Waals surface area (Å²) in [6.45, 7) is 5.28. The van der Waals surface area contributed by atoms with Crippen molar-refractivity contribution in [3.05, 3.63) is 0 Å². The van der Waals surface area contributed by atoms with Gasteiger partial charge in [-0.05, 0) is 31.2 Å². The van der Waals surface area contributed by atoms with Crippen LogP contribution in [0.4, 0.5) is 0 Å². The van der Waals surface area contributed by atoms with Gasteiger partial charge in [0, 0.05) is 0 Å². The van der Waals surface area contributed by atoms with Crippen LogP contribution in [0.2, 0.25) is 0 Å². The first-order valence-corrected chi connectivity index (χ1v) is 5.41. The Hall–Kier alpha value is -0.550. The molecule has 1 N–H and O–H groups in total. The van der Waals surface area contributed by atoms with E-state index in [1.165, 1.54) is 25.7 Å². The van der Waals surface area contributed by atoms with Crippen molar-refractivity contribution in [2.45, 2.75) is 45.6 Å². The molecule has 0 radical (unpaired) electrons. The second-order valence-corrected chi connectivity index (χ2v) is 4.18. The Morgan fingerprint density at radius 3 is 2.46 bits per heavy atom. The van der Waals surface area contributed by atoms with Crippen LogP contribution in [0.15, 0.2) is 0 Å². The van der Waals surface area contributed by atoms with Crippen molar-refractivity contribution >= 4 is 0 Å². The summed E-state index contributed by atoms with van der Waals surface area (Å²) >= 11 is 0. The highest BCUT2D eigenvalue weighted by atomic mass is 14.9. The Kier molecular flexibility index (Phi) is 4.24. The Morgan fingerprint density at radius 2 is 2.00 bits per heavy atom. The van der Waals surface area contributed by atoms with Crippen LogP contribution in [0, 0.1) is 23.2 Å². The van der Waals surface area contributed by atoms with Crippen LogP contribution in [-0.4, -0.2) is 12.6 Å². The van der Waals surface area contributed by atoms with Crippen molar-refractivity contribution < 1.29 is 0 Å². The van der Waals surface area contributed by atoms with Crippen LogP contribution in [0.25, 0.3) is 0 Å². The van der Waals surface area contributed by atoms with Gasteiger partial charge in [0.1, 0.15) is 0 Å². The molecule has 0 bridgehead atoms. The van der Waals surface area contributed by atoms with Gasteiger partial charge < -0.3 is 5.32 Å². The van der Waals surface area contributed by atoms with E-state index in [4.69, 9.17) is 5.26 Å². The summed E-state index contributed by atoms with van der Waals surface area (Å²) in [6.07, 6.45) is 5.06. The normalized spacial score (nSPS) is 30.8. The Bertz CT molecular complexity index is 175. The van der Waals surface area contributed by atoms with E-state index in [2.05, 4.69) is 25.2 Å². The first kappa shape index (κ1) is 10.5. The van der Waals surface area contributed by atoms with E-state index >= 15 is 0 Å². The molecule has 0 aliphatic heterocycles. The maximum atomic E-state index is 8.96. The van der Waals surface area contributed by atoms with E-state index in [0.717, 1.165) is 12.5 Å². The smallest absolute Gasteiger partial charge is 0.0981 e. The van der Waals surface area contributed by atoms with Gasteiger partial charge in [-0.1, -0.05) is 26.7 Å². The monoisotopic (exact) mass is 180 g/mol. The number of nitrogens with zero attached hydrogens (tertiary/aromatic N) is 1. The summed E-state index contributed by atoms with van der Waals surface area (Å²) in [5.41, 5.74) is 0. The predicted molar refractivity (Wildman–Crippen MR) is 54.2 cm³/mol. The van der Waals surface area contributed by atoms with Gasteiger partial charge in [0.05, 0.1) is 12.1 Å². The Labute approximate surface area is 81.3 Å². The summed E-state index contributed by atoms with van der Waals surface area (Å²) in [4.78, 5) is 0. The third-order valence-electron chi connectivity index (χ3n) is 3.10. The quantitative estimate of drug-likeness (QED) is 0.723. The number of rotatable bonds is 3. The van der Waals surface area contributed by atoms with E-state index in [1.807, 2.05) is 0 Å². The van der Waals surface area contributed by atoms with Crippen molar-refractivity contribution in [3.63, 3.8) is 0 Å². The molecule has 1 saturated carbocycles. The second kappa shape index (κ2) is 5.24. The summed E-state index contributed by atoms with van der Waals surface area (Å²) < 4.78 is 0. The molecule has 0 spiro atoms. The molecule has 0 heterocycles. The largest absolute Gasteiger partial charge is 0.302 e. The summed E-state index contributed by atoms with van der Waals surface area (Å²) in [6, 6.07) is 2.47. The molecule has 1 aliphatic rings. The van der Waals surface area contributed by atoms with Crippen LogP contribution in [0.3, 0.4) is 0 Å². The van der Waals surface area contributed by atoms with Crippen molar-refractivity contribution in [3.8, 4) is 6.07 Å². The highest BCUT2D eigenvalue weighted by Gasteiger charge is 2.24. The fraction of sp³-hybridized carbons (Fsp3) is 0.909. The lowest BCUT2D eigenvalue weighted by molar-refractivity contribution is 0.257. The van der Waals surface area contributed by atoms with Crippen LogP contribution in [0.1, 0.15) is 39.5 Å². The number of hydrogen-bond acceptors (Lipinski definition) is 2. The molecule has 1 unspecified atom stereocenters. The second-order valence-electron chi connectivity index (χ2n) is 4.18. The molecule has 13 heavy (non-hydrogen) atoms. The molecule has 0 aromatic carbocycles. The van der Waals surface area contributed by atoms with Gasteiger partial charge >= 0.3 is 0 Å². The summed E-state index contributed by atoms with van der Waals surface area (Å²) in [5, 5.41) is 12.2. The number of nitriles is 1. The first-order chi connectivity index (χ1) is 6.27. The lowest BCUT2D eigenvalue weighted by Gasteiger charge is -2.29. The van der Waals surface area contributed by atoms with E-state index in [0.29, 0.717) is 5.92 Å². The van der Waals surface area contributed by atoms with E-state index < -0.39 is 0 Å². The fourth-order valence-electron chi connectivity index (χ4n) is 2.16. The molecule has 1 atom stereocenters. The lowest BCUT2D eigenvalue weighted by Crippen LogP contribution is -2.36. The molecule has 1 aliphatic carbocycles. The number of nitrogens with one attached hydrogen (secondary N) is 1. The molecule has 0 amide bonds. The van der Waals surface area contributed by atoms with E-state index in [9.17, 15) is 0 Å². The molecule has 74 valence electrons. The van der Waals surface area contributed by atoms with E-state index in [-0.39, 0.29) is 6.04 Å². The maximum Gasteiger partial charge on any atom is 0.0981 e. The molecule has 2 nitrogen and oxygen atoms in total. The zero-order valence-electron chi connectivity index (χ0n) is 8.71. The molecule has 1 rings (SSSR count). The minimum atomic E-state index is 0.0949. The van der Waals surface area contributed by atoms with E-state index in [1.54, 1.807) is 0 Å². The number of hydrogen-bond donors (Lipinski definition) is 1. The van der Waals surface area contributed by atoms with Crippen molar-refractivity contribution in [2.75, 3.05) is 6.54 Å². The van der Waals surface area contributed by atoms with Crippen molar-refractivity contribution in [1.29, 1.82) is 5.26 Å². The summed E-state index contributed by atoms with van der Waals surface area (Å²) in [7, 11) is 0. The molecule has 0 aromatic heterocycles. The van der Waals surface area contributed by atoms with Gasteiger partial charge in [0.25, 0.3) is 0 Å². The highest BCUT2D eigenvalue weighted by Crippen LogP contribution is 2.30. The predicted octanol–water partition coefficient (Wildman–Crippen LogP) is 2.31. The zero-order chi connectivity index (χ0) is 9.68. The molecule has 2 heteroatoms. The first-order valence-electron chi connectivity index (χ1n) is 5.41. The van der Waals surface area contributed by atoms with Gasteiger partial charge in [0.2, 0.25) is 0 Å². The highest BCUT2D eigenvalue weighted by molar-refractivity contribution is 4.95. The third-order valence-corrected chi connectivity index (χ3v) is 3.10. The average Bonchev–Trinajstić information content (AvgIpc) is 2.16. The van der Waals surface area contributed by atoms with Gasteiger partial charge in [0.15, 0.2) is 0 Å². The standard InChI is InChI=1S/C11H20N2/c1-3-13-11(8-12)10-6-4-9(2)5-7-10/h9-11,13H,3-7H2,1-2H3. The van der Waals surface area contributed by atoms with Crippen LogP contribution in [0.5, 0.6) is 0 Å². The van der Waals surface area contributed by atoms with Crippen LogP contribution < -0.4 is 5.32 Å². The van der Waals surface area contributed by atoms with Gasteiger partial charge in [-0.3, -0.25) is 0 Å². The maximum absolute atomic E-state index is 8.96. The Balaban J connectivity index is 2.38. The van der Waals surface area contributed by atoms with Crippen LogP contribution >= 0.6 is 0 Å². The van der Waals surface area contributed by atoms with Gasteiger partial charge in [-0.25, -0.2) is 0 Å². The minimum Gasteiger partial charge on any atom is -0.302 e. The van der Waals surface area contributed by atoms with Crippen molar-refractivity contribution in [1.82, 2.24) is 5.32 Å². The topological polar surface area (TPSA) is 35.8 Å². The lowest BCUT2D eigenvalue weighted by atomic mass is 9.79. The molecule has 1 fully saturated rings. The fourth-order valence-corrected chi connectivity index (χ4v) is 2.16. The third kappa shape index (κ3) is 3.00. The molecular weight excluding hydrogens is 160 g/mol. The average molecular weight is 180 g/mol. The summed E-state index contributed by atoms with van der Waals surface area (Å²) in [5.74, 6) is 1.47. The van der Waals surface area contributed by atoms with Gasteiger partial charge in [-0.2, -0.15) is 5.26 Å². The zero-order valence-corrected chi connectivity index (χ0v) is 8.71. The molecule has 0 aromatic rings.